The van der Waals surface area contributed by atoms with Crippen LogP contribution < -0.4 is 5.32 Å². The molecule has 1 aliphatic carbocycles. The van der Waals surface area contributed by atoms with Gasteiger partial charge in [0.15, 0.2) is 0 Å². The van der Waals surface area contributed by atoms with Gasteiger partial charge in [-0.3, -0.25) is 0 Å². The summed E-state index contributed by atoms with van der Waals surface area (Å²) in [5.74, 6) is 0.170. The summed E-state index contributed by atoms with van der Waals surface area (Å²) in [5, 5.41) is 4.23. The summed E-state index contributed by atoms with van der Waals surface area (Å²) in [5.41, 5.74) is 3.59. The van der Waals surface area contributed by atoms with E-state index in [1.165, 1.54) is 12.7 Å². The van der Waals surface area contributed by atoms with Crippen molar-refractivity contribution in [3.8, 4) is 0 Å². The van der Waals surface area contributed by atoms with Crippen molar-refractivity contribution < 1.29 is 9.53 Å². The Bertz CT molecular complexity index is 863. The highest BCUT2D eigenvalue weighted by Gasteiger charge is 2.40. The van der Waals surface area contributed by atoms with Crippen LogP contribution in [0.4, 0.5) is 5.69 Å². The number of halogens is 2. The predicted octanol–water partition coefficient (Wildman–Crippen LogP) is 5.72. The van der Waals surface area contributed by atoms with Gasteiger partial charge < -0.3 is 10.1 Å². The van der Waals surface area contributed by atoms with E-state index in [1.54, 1.807) is 12.1 Å². The predicted molar refractivity (Wildman–Crippen MR) is 103 cm³/mol. The number of ether oxygens (including phenoxy) is 1. The van der Waals surface area contributed by atoms with E-state index >= 15 is 0 Å². The van der Waals surface area contributed by atoms with Crippen LogP contribution in [0.2, 0.25) is 5.02 Å². The molecular weight excluding hydrogens is 402 g/mol. The molecule has 0 bridgehead atoms. The molecule has 5 heteroatoms. The molecule has 2 aromatic carbocycles. The van der Waals surface area contributed by atoms with Crippen molar-refractivity contribution >= 4 is 39.2 Å². The van der Waals surface area contributed by atoms with Gasteiger partial charge in [-0.1, -0.05) is 51.8 Å². The zero-order valence-corrected chi connectivity index (χ0v) is 16.0. The van der Waals surface area contributed by atoms with Gasteiger partial charge in [0.25, 0.3) is 0 Å². The number of allylic oxidation sites excluding steroid dienone is 2. The maximum absolute atomic E-state index is 12.3. The smallest absolute Gasteiger partial charge is 0.338 e. The molecule has 0 radical (unpaired) electrons. The summed E-state index contributed by atoms with van der Waals surface area (Å²) < 4.78 is 6.03. The van der Waals surface area contributed by atoms with Crippen molar-refractivity contribution in [2.45, 2.75) is 18.4 Å². The lowest BCUT2D eigenvalue weighted by atomic mass is 9.75. The number of methoxy groups -OCH3 is 1. The molecule has 0 saturated heterocycles. The Morgan fingerprint density at radius 2 is 2.00 bits per heavy atom. The van der Waals surface area contributed by atoms with E-state index in [9.17, 15) is 4.79 Å². The molecule has 0 amide bonds. The fraction of sp³-hybridized carbons (Fsp3) is 0.250. The van der Waals surface area contributed by atoms with Crippen LogP contribution in [0.25, 0.3) is 0 Å². The summed E-state index contributed by atoms with van der Waals surface area (Å²) in [7, 11) is 1.41. The summed E-state index contributed by atoms with van der Waals surface area (Å²) in [6, 6.07) is 12.0. The molecule has 0 fully saturated rings. The van der Waals surface area contributed by atoms with Crippen LogP contribution in [0.1, 0.15) is 39.9 Å². The minimum absolute atomic E-state index is 0.144. The molecule has 4 rings (SSSR count). The van der Waals surface area contributed by atoms with Crippen molar-refractivity contribution in [3.63, 3.8) is 0 Å². The van der Waals surface area contributed by atoms with Gasteiger partial charge in [-0.05, 0) is 47.7 Å². The summed E-state index contributed by atoms with van der Waals surface area (Å²) >= 11 is 9.98. The van der Waals surface area contributed by atoms with E-state index in [1.807, 2.05) is 0 Å². The number of esters is 1. The highest BCUT2D eigenvalue weighted by molar-refractivity contribution is 9.10. The van der Waals surface area contributed by atoms with Gasteiger partial charge in [0.2, 0.25) is 0 Å². The maximum atomic E-state index is 12.3. The highest BCUT2D eigenvalue weighted by Crippen LogP contribution is 2.52. The molecule has 0 aromatic heterocycles. The van der Waals surface area contributed by atoms with Crippen molar-refractivity contribution in [2.24, 2.45) is 5.92 Å². The number of hydrogen-bond acceptors (Lipinski definition) is 3. The van der Waals surface area contributed by atoms with E-state index in [0.29, 0.717) is 16.5 Å². The highest BCUT2D eigenvalue weighted by atomic mass is 79.9. The van der Waals surface area contributed by atoms with Crippen molar-refractivity contribution in [3.05, 3.63) is 74.7 Å². The quantitative estimate of drug-likeness (QED) is 0.501. The Morgan fingerprint density at radius 3 is 2.72 bits per heavy atom. The van der Waals surface area contributed by atoms with Crippen LogP contribution in [0.15, 0.2) is 53.0 Å². The van der Waals surface area contributed by atoms with E-state index in [4.69, 9.17) is 16.3 Å². The molecule has 0 saturated carbocycles. The summed E-state index contributed by atoms with van der Waals surface area (Å²) in [6.07, 6.45) is 5.35. The number of nitrogens with one attached hydrogen (secondary N) is 1. The lowest BCUT2D eigenvalue weighted by molar-refractivity contribution is 0.0598. The number of carbonyl (C=O) groups excluding carboxylic acids is 1. The van der Waals surface area contributed by atoms with E-state index in [2.05, 4.69) is 57.7 Å². The summed E-state index contributed by atoms with van der Waals surface area (Å²) in [4.78, 5) is 12.3. The number of hydrogen-bond donors (Lipinski definition) is 1. The first-order chi connectivity index (χ1) is 12.1. The Balaban J connectivity index is 1.85. The van der Waals surface area contributed by atoms with Crippen molar-refractivity contribution in [1.29, 1.82) is 0 Å². The van der Waals surface area contributed by atoms with Gasteiger partial charge in [0.05, 0.1) is 29.4 Å². The molecule has 2 aliphatic rings. The topological polar surface area (TPSA) is 38.3 Å². The average Bonchev–Trinajstić information content (AvgIpc) is 3.11. The third kappa shape index (κ3) is 2.77. The van der Waals surface area contributed by atoms with E-state index in [-0.39, 0.29) is 17.9 Å². The maximum Gasteiger partial charge on any atom is 0.338 e. The van der Waals surface area contributed by atoms with Gasteiger partial charge in [-0.15, -0.1) is 0 Å². The number of anilines is 1. The van der Waals surface area contributed by atoms with Crippen LogP contribution in [0, 0.1) is 5.92 Å². The van der Waals surface area contributed by atoms with Gasteiger partial charge >= 0.3 is 5.97 Å². The second kappa shape index (κ2) is 6.50. The number of fused-ring (bicyclic) bond motifs is 3. The Kier molecular flexibility index (Phi) is 4.34. The molecule has 1 aliphatic heterocycles. The molecule has 1 N–H and O–H groups in total. The first-order valence-corrected chi connectivity index (χ1v) is 9.36. The minimum Gasteiger partial charge on any atom is -0.465 e. The molecule has 3 nitrogen and oxygen atoms in total. The number of carbonyl (C=O) groups is 1. The lowest BCUT2D eigenvalue weighted by Gasteiger charge is -2.38. The van der Waals surface area contributed by atoms with E-state index in [0.717, 1.165) is 22.1 Å². The first-order valence-electron chi connectivity index (χ1n) is 8.19. The standard InChI is InChI=1S/C20H17BrClNO2/c1-25-20(24)15-9-10-16(22)19-17(15)13-3-2-4-14(13)18(23-19)11-5-7-12(21)8-6-11/h2-3,5-10,13-14,18,23H,4H2,1H3. The van der Waals surface area contributed by atoms with E-state index < -0.39 is 0 Å². The normalized spacial score (nSPS) is 23.6. The average molecular weight is 419 g/mol. The van der Waals surface area contributed by atoms with Crippen LogP contribution in [-0.2, 0) is 4.74 Å². The molecule has 3 unspecified atom stereocenters. The zero-order valence-electron chi connectivity index (χ0n) is 13.6. The second-order valence-electron chi connectivity index (χ2n) is 6.40. The van der Waals surface area contributed by atoms with Crippen LogP contribution >= 0.6 is 27.5 Å². The fourth-order valence-corrected chi connectivity index (χ4v) is 4.45. The summed E-state index contributed by atoms with van der Waals surface area (Å²) in [6.45, 7) is 0. The van der Waals surface area contributed by atoms with Crippen LogP contribution in [0.3, 0.4) is 0 Å². The van der Waals surface area contributed by atoms with Gasteiger partial charge in [0, 0.05) is 10.4 Å². The molecule has 0 spiro atoms. The monoisotopic (exact) mass is 417 g/mol. The fourth-order valence-electron chi connectivity index (χ4n) is 3.96. The molecule has 1 heterocycles. The van der Waals surface area contributed by atoms with Gasteiger partial charge in [0.1, 0.15) is 0 Å². The molecule has 2 aromatic rings. The third-order valence-electron chi connectivity index (χ3n) is 5.10. The van der Waals surface area contributed by atoms with Crippen LogP contribution in [0.5, 0.6) is 0 Å². The Morgan fingerprint density at radius 1 is 1.24 bits per heavy atom. The number of rotatable bonds is 2. The zero-order chi connectivity index (χ0) is 17.6. The number of benzene rings is 2. The second-order valence-corrected chi connectivity index (χ2v) is 7.73. The SMILES string of the molecule is COC(=O)c1ccc(Cl)c2c1C1C=CCC1C(c1ccc(Br)cc1)N2. The Labute approximate surface area is 160 Å². The lowest BCUT2D eigenvalue weighted by Crippen LogP contribution is -2.30. The van der Waals surface area contributed by atoms with Crippen LogP contribution in [-0.4, -0.2) is 13.1 Å². The van der Waals surface area contributed by atoms with Crippen molar-refractivity contribution in [1.82, 2.24) is 0 Å². The Hall–Kier alpha value is -1.78. The molecule has 128 valence electrons. The minimum atomic E-state index is -0.323. The van der Waals surface area contributed by atoms with Crippen molar-refractivity contribution in [2.75, 3.05) is 12.4 Å². The molecule has 25 heavy (non-hydrogen) atoms. The third-order valence-corrected chi connectivity index (χ3v) is 5.95. The largest absolute Gasteiger partial charge is 0.465 e. The first kappa shape index (κ1) is 16.7. The van der Waals surface area contributed by atoms with Gasteiger partial charge in [-0.2, -0.15) is 0 Å². The van der Waals surface area contributed by atoms with Gasteiger partial charge in [-0.25, -0.2) is 4.79 Å². The molecule has 3 atom stereocenters. The molecular formula is C20H17BrClNO2.